The quantitative estimate of drug-likeness (QED) is 0.147. The van der Waals surface area contributed by atoms with Gasteiger partial charge in [0.1, 0.15) is 23.1 Å². The number of carbonyl (C=O) groups is 2. The molecule has 0 unspecified atom stereocenters. The first-order chi connectivity index (χ1) is 24.4. The van der Waals surface area contributed by atoms with Gasteiger partial charge >= 0.3 is 5.97 Å². The number of amides is 1. The van der Waals surface area contributed by atoms with Crippen LogP contribution in [-0.2, 0) is 21.4 Å². The summed E-state index contributed by atoms with van der Waals surface area (Å²) in [4.78, 5) is 28.6. The summed E-state index contributed by atoms with van der Waals surface area (Å²) in [6.07, 6.45) is 2.73. The van der Waals surface area contributed by atoms with Crippen LogP contribution in [0.2, 0.25) is 36.3 Å². The molecule has 1 aliphatic rings. The highest BCUT2D eigenvalue weighted by molar-refractivity contribution is 6.75. The summed E-state index contributed by atoms with van der Waals surface area (Å²) >= 11 is 0. The van der Waals surface area contributed by atoms with Crippen LogP contribution in [0.15, 0.2) is 78.9 Å². The van der Waals surface area contributed by atoms with E-state index in [0.29, 0.717) is 17.2 Å². The first kappa shape index (κ1) is 42.4. The summed E-state index contributed by atoms with van der Waals surface area (Å²) in [5.41, 5.74) is 0.986. The number of hydrogen-bond acceptors (Lipinski definition) is 5. The number of carbonyl (C=O) groups excluding carboxylic acids is 2. The molecule has 0 spiro atoms. The molecule has 0 saturated heterocycles. The monoisotopic (exact) mass is 757 g/mol. The van der Waals surface area contributed by atoms with Crippen LogP contribution >= 0.6 is 0 Å². The molecule has 1 aliphatic carbocycles. The zero-order valence-electron chi connectivity index (χ0n) is 35.1. The van der Waals surface area contributed by atoms with Gasteiger partial charge in [0.25, 0.3) is 22.5 Å². The van der Waals surface area contributed by atoms with E-state index in [2.05, 4.69) is 118 Å². The fourth-order valence-corrected chi connectivity index (χ4v) is 8.84. The molecule has 0 heterocycles. The third kappa shape index (κ3) is 10.0. The molecule has 290 valence electrons. The van der Waals surface area contributed by atoms with E-state index in [0.717, 1.165) is 30.6 Å². The van der Waals surface area contributed by atoms with Crippen LogP contribution in [0.25, 0.3) is 0 Å². The van der Waals surface area contributed by atoms with Gasteiger partial charge < -0.3 is 18.9 Å². The Bertz CT molecular complexity index is 1710. The van der Waals surface area contributed by atoms with Crippen LogP contribution in [0.1, 0.15) is 110 Å². The molecule has 1 amide bonds. The highest BCUT2D eigenvalue weighted by atomic mass is 28.4. The molecule has 53 heavy (non-hydrogen) atoms. The van der Waals surface area contributed by atoms with E-state index in [1.54, 1.807) is 19.1 Å². The Morgan fingerprint density at radius 1 is 0.717 bits per heavy atom. The predicted octanol–water partition coefficient (Wildman–Crippen LogP) is 11.5. The van der Waals surface area contributed by atoms with Crippen LogP contribution in [0.4, 0.5) is 0 Å². The van der Waals surface area contributed by atoms with Gasteiger partial charge in [-0.3, -0.25) is 4.79 Å². The number of nitrogens with one attached hydrogen (secondary N) is 1. The van der Waals surface area contributed by atoms with Gasteiger partial charge in [-0.15, -0.1) is 0 Å². The standard InChI is InChI=1S/C45H67NO5Si2/c1-32-25-27-36(44(8,9)35-23-19-16-20-24-35)38(29-32)49-41(48)45(10,46-40(47)34-21-17-15-18-22-34)31-33-26-28-37(50-52(11,12)42(2,3)4)39(30-33)51-53(13,14)43(5,6)7/h15-24,26,28,30,32,36,38H,25,27,29,31H2,1-14H3,(H,46,47)/t32-,36-,38-,45+/m1/s1. The number of ether oxygens (including phenoxy) is 1. The Balaban J connectivity index is 1.76. The first-order valence-corrected chi connectivity index (χ1v) is 25.3. The average molecular weight is 758 g/mol. The SMILES string of the molecule is C[C@@H]1CC[C@@H](C(C)(C)c2ccccc2)[C@H](OC(=O)[C@](C)(Cc2ccc(O[Si](C)(C)C(C)(C)C)c(O[Si](C)(C)C(C)(C)C)c2)NC(=O)c2ccccc2)C1. The molecular weight excluding hydrogens is 691 g/mol. The highest BCUT2D eigenvalue weighted by Gasteiger charge is 2.46. The van der Waals surface area contributed by atoms with Gasteiger partial charge in [-0.2, -0.15) is 0 Å². The van der Waals surface area contributed by atoms with Crippen LogP contribution < -0.4 is 14.2 Å². The Morgan fingerprint density at radius 3 is 1.79 bits per heavy atom. The lowest BCUT2D eigenvalue weighted by Crippen LogP contribution is -2.56. The fourth-order valence-electron chi connectivity index (χ4n) is 6.80. The van der Waals surface area contributed by atoms with Crippen LogP contribution in [0.5, 0.6) is 11.5 Å². The number of hydrogen-bond donors (Lipinski definition) is 1. The van der Waals surface area contributed by atoms with E-state index in [9.17, 15) is 9.59 Å². The molecule has 6 nitrogen and oxygen atoms in total. The summed E-state index contributed by atoms with van der Waals surface area (Å²) in [6, 6.07) is 25.6. The van der Waals surface area contributed by atoms with Crippen LogP contribution in [0, 0.1) is 11.8 Å². The Kier molecular flexibility index (Phi) is 12.6. The smallest absolute Gasteiger partial charge is 0.332 e. The molecule has 0 bridgehead atoms. The van der Waals surface area contributed by atoms with Crippen molar-refractivity contribution < 1.29 is 23.2 Å². The van der Waals surface area contributed by atoms with Gasteiger partial charge in [0.15, 0.2) is 0 Å². The van der Waals surface area contributed by atoms with Gasteiger partial charge in [-0.25, -0.2) is 4.79 Å². The van der Waals surface area contributed by atoms with Gasteiger partial charge in [0, 0.05) is 17.9 Å². The summed E-state index contributed by atoms with van der Waals surface area (Å²) in [7, 11) is -4.50. The van der Waals surface area contributed by atoms with Crippen LogP contribution in [0.3, 0.4) is 0 Å². The number of benzene rings is 3. The topological polar surface area (TPSA) is 73.9 Å². The zero-order valence-corrected chi connectivity index (χ0v) is 37.1. The Morgan fingerprint density at radius 2 is 1.25 bits per heavy atom. The largest absolute Gasteiger partial charge is 0.541 e. The van der Waals surface area contributed by atoms with E-state index < -0.39 is 28.1 Å². The summed E-state index contributed by atoms with van der Waals surface area (Å²) in [5, 5.41) is 3.09. The lowest BCUT2D eigenvalue weighted by molar-refractivity contribution is -0.163. The van der Waals surface area contributed by atoms with E-state index in [1.807, 2.05) is 42.5 Å². The third-order valence-corrected chi connectivity index (χ3v) is 21.2. The lowest BCUT2D eigenvalue weighted by Gasteiger charge is -2.45. The molecule has 0 aromatic heterocycles. The average Bonchev–Trinajstić information content (AvgIpc) is 3.05. The van der Waals surface area contributed by atoms with E-state index in [1.165, 1.54) is 5.56 Å². The van der Waals surface area contributed by atoms with Gasteiger partial charge in [0.2, 0.25) is 0 Å². The molecule has 1 fully saturated rings. The van der Waals surface area contributed by atoms with Gasteiger partial charge in [-0.05, 0) is 103 Å². The summed E-state index contributed by atoms with van der Waals surface area (Å²) in [6.45, 7) is 30.9. The molecule has 4 atom stereocenters. The molecule has 1 N–H and O–H groups in total. The van der Waals surface area contributed by atoms with E-state index in [4.69, 9.17) is 13.6 Å². The number of rotatable bonds is 12. The van der Waals surface area contributed by atoms with E-state index in [-0.39, 0.29) is 39.8 Å². The van der Waals surface area contributed by atoms with Crippen LogP contribution in [-0.4, -0.2) is 40.2 Å². The highest BCUT2D eigenvalue weighted by Crippen LogP contribution is 2.46. The molecule has 3 aromatic rings. The van der Waals surface area contributed by atoms with Gasteiger partial charge in [-0.1, -0.05) is 123 Å². The minimum Gasteiger partial charge on any atom is -0.541 e. The molecular formula is C45H67NO5Si2. The van der Waals surface area contributed by atoms with Crippen molar-refractivity contribution in [1.29, 1.82) is 0 Å². The van der Waals surface area contributed by atoms with Crippen molar-refractivity contribution in [3.63, 3.8) is 0 Å². The van der Waals surface area contributed by atoms with E-state index >= 15 is 0 Å². The van der Waals surface area contributed by atoms with Crippen molar-refractivity contribution in [2.75, 3.05) is 0 Å². The lowest BCUT2D eigenvalue weighted by atomic mass is 9.64. The van der Waals surface area contributed by atoms with Crippen molar-refractivity contribution in [3.05, 3.63) is 95.6 Å². The summed E-state index contributed by atoms with van der Waals surface area (Å²) < 4.78 is 20.5. The van der Waals surface area contributed by atoms with Crippen molar-refractivity contribution >= 4 is 28.5 Å². The van der Waals surface area contributed by atoms with Crippen molar-refractivity contribution in [2.24, 2.45) is 11.8 Å². The Hall–Kier alpha value is -3.37. The second-order valence-electron chi connectivity index (χ2n) is 19.4. The second-order valence-corrected chi connectivity index (χ2v) is 28.8. The zero-order chi connectivity index (χ0) is 39.6. The first-order valence-electron chi connectivity index (χ1n) is 19.5. The van der Waals surface area contributed by atoms with Gasteiger partial charge in [0.05, 0.1) is 0 Å². The maximum atomic E-state index is 14.7. The molecule has 0 radical (unpaired) electrons. The molecule has 4 rings (SSSR count). The molecule has 8 heteroatoms. The van der Waals surface area contributed by atoms with Crippen molar-refractivity contribution in [1.82, 2.24) is 5.32 Å². The fraction of sp³-hybridized carbons (Fsp3) is 0.556. The minimum absolute atomic E-state index is 0.00643. The van der Waals surface area contributed by atoms with Crippen molar-refractivity contribution in [2.45, 2.75) is 148 Å². The summed E-state index contributed by atoms with van der Waals surface area (Å²) in [5.74, 6) is 1.21. The Labute approximate surface area is 323 Å². The maximum Gasteiger partial charge on any atom is 0.332 e. The predicted molar refractivity (Wildman–Crippen MR) is 224 cm³/mol. The minimum atomic E-state index is -2.29. The number of esters is 1. The van der Waals surface area contributed by atoms with Crippen molar-refractivity contribution in [3.8, 4) is 11.5 Å². The second kappa shape index (κ2) is 15.8. The third-order valence-electron chi connectivity index (χ3n) is 12.5. The molecule has 3 aromatic carbocycles. The molecule has 1 saturated carbocycles. The molecule has 0 aliphatic heterocycles. The normalized spacial score (nSPS) is 19.8. The maximum absolute atomic E-state index is 14.7.